The van der Waals surface area contributed by atoms with E-state index in [4.69, 9.17) is 0 Å². The molecule has 0 aromatic heterocycles. The van der Waals surface area contributed by atoms with Crippen LogP contribution in [-0.2, 0) is 19.7 Å². The first-order valence-corrected chi connectivity index (χ1v) is 7.26. The molecule has 0 saturated heterocycles. The molecule has 0 aromatic rings. The van der Waals surface area contributed by atoms with Gasteiger partial charge in [-0.2, -0.15) is 17.4 Å². The first kappa shape index (κ1) is 15.4. The maximum absolute atomic E-state index is 11.7. The lowest BCUT2D eigenvalue weighted by molar-refractivity contribution is -0.140. The highest BCUT2D eigenvalue weighted by atomic mass is 32.2. The molecule has 1 aliphatic carbocycles. The van der Waals surface area contributed by atoms with Crippen molar-refractivity contribution in [1.82, 2.24) is 9.03 Å². The minimum Gasteiger partial charge on any atom is -0.469 e. The van der Waals surface area contributed by atoms with E-state index in [0.717, 1.165) is 17.1 Å². The van der Waals surface area contributed by atoms with Crippen molar-refractivity contribution in [3.63, 3.8) is 0 Å². The van der Waals surface area contributed by atoms with Crippen molar-refractivity contribution >= 4 is 16.2 Å². The molecule has 1 rings (SSSR count). The molecule has 1 unspecified atom stereocenters. The van der Waals surface area contributed by atoms with Crippen molar-refractivity contribution < 1.29 is 23.1 Å². The van der Waals surface area contributed by atoms with Crippen LogP contribution in [0.1, 0.15) is 19.3 Å². The monoisotopic (exact) mass is 280 g/mol. The van der Waals surface area contributed by atoms with Gasteiger partial charge in [-0.25, -0.2) is 0 Å². The van der Waals surface area contributed by atoms with Gasteiger partial charge in [0, 0.05) is 20.1 Å². The number of esters is 1. The molecule has 0 amide bonds. The van der Waals surface area contributed by atoms with Crippen molar-refractivity contribution in [2.75, 3.05) is 27.2 Å². The second-order valence-corrected chi connectivity index (χ2v) is 6.27. The van der Waals surface area contributed by atoms with Crippen LogP contribution in [0.15, 0.2) is 0 Å². The number of ether oxygens (including phenoxy) is 1. The number of carbonyl (C=O) groups is 1. The average Bonchev–Trinajstić information content (AvgIpc) is 3.16. The number of methoxy groups -OCH3 is 1. The second kappa shape index (κ2) is 6.46. The fraction of sp³-hybridized carbons (Fsp3) is 0.900. The van der Waals surface area contributed by atoms with E-state index in [0.29, 0.717) is 0 Å². The molecule has 0 aromatic carbocycles. The Hall–Kier alpha value is -0.700. The molecule has 18 heavy (non-hydrogen) atoms. The van der Waals surface area contributed by atoms with Gasteiger partial charge < -0.3 is 9.84 Å². The smallest absolute Gasteiger partial charge is 0.306 e. The predicted octanol–water partition coefficient (Wildman–Crippen LogP) is -0.913. The summed E-state index contributed by atoms with van der Waals surface area (Å²) in [5, 5.41) is 9.57. The van der Waals surface area contributed by atoms with Gasteiger partial charge in [0.15, 0.2) is 0 Å². The number of nitrogens with one attached hydrogen (secondary N) is 1. The van der Waals surface area contributed by atoms with Crippen molar-refractivity contribution in [2.24, 2.45) is 5.92 Å². The van der Waals surface area contributed by atoms with Crippen LogP contribution in [0.25, 0.3) is 0 Å². The minimum absolute atomic E-state index is 0.000904. The van der Waals surface area contributed by atoms with E-state index in [-0.39, 0.29) is 25.4 Å². The van der Waals surface area contributed by atoms with Crippen LogP contribution in [0.4, 0.5) is 0 Å². The zero-order valence-corrected chi connectivity index (χ0v) is 11.4. The normalized spacial score (nSPS) is 17.8. The lowest BCUT2D eigenvalue weighted by Gasteiger charge is -2.18. The van der Waals surface area contributed by atoms with E-state index < -0.39 is 22.3 Å². The van der Waals surface area contributed by atoms with E-state index in [2.05, 4.69) is 9.46 Å². The van der Waals surface area contributed by atoms with Gasteiger partial charge >= 0.3 is 5.97 Å². The number of hydrogen-bond acceptors (Lipinski definition) is 5. The molecule has 0 aliphatic heterocycles. The van der Waals surface area contributed by atoms with Gasteiger partial charge in [0.1, 0.15) is 0 Å². The minimum atomic E-state index is -3.65. The summed E-state index contributed by atoms with van der Waals surface area (Å²) in [5.74, 6) is -0.247. The molecular formula is C10H20N2O5S. The van der Waals surface area contributed by atoms with Crippen LogP contribution in [0.2, 0.25) is 0 Å². The fourth-order valence-electron chi connectivity index (χ4n) is 1.42. The van der Waals surface area contributed by atoms with Gasteiger partial charge in [0.25, 0.3) is 10.2 Å². The van der Waals surface area contributed by atoms with Crippen LogP contribution >= 0.6 is 0 Å². The highest BCUT2D eigenvalue weighted by Crippen LogP contribution is 2.32. The van der Waals surface area contributed by atoms with Gasteiger partial charge in [-0.15, -0.1) is 0 Å². The summed E-state index contributed by atoms with van der Waals surface area (Å²) < 4.78 is 31.2. The molecule has 1 saturated carbocycles. The van der Waals surface area contributed by atoms with E-state index in [1.165, 1.54) is 14.2 Å². The van der Waals surface area contributed by atoms with Crippen LogP contribution < -0.4 is 4.72 Å². The highest BCUT2D eigenvalue weighted by molar-refractivity contribution is 7.87. The molecule has 0 radical (unpaired) electrons. The summed E-state index contributed by atoms with van der Waals surface area (Å²) in [6, 6.07) is 0. The summed E-state index contributed by atoms with van der Waals surface area (Å²) in [4.78, 5) is 10.9. The first-order valence-electron chi connectivity index (χ1n) is 5.82. The van der Waals surface area contributed by atoms with Crippen molar-refractivity contribution in [3.05, 3.63) is 0 Å². The Morgan fingerprint density at radius 2 is 2.17 bits per heavy atom. The van der Waals surface area contributed by atoms with Crippen molar-refractivity contribution in [1.29, 1.82) is 0 Å². The lowest BCUT2D eigenvalue weighted by Crippen LogP contribution is -2.42. The Balaban J connectivity index is 2.34. The number of aliphatic hydroxyl groups excluding tert-OH is 1. The number of aliphatic hydroxyl groups is 1. The standard InChI is InChI=1S/C10H20N2O5S/c1-12(6-5-10(14)17-2)18(15,16)11-7-9(13)8-3-4-8/h8-9,11,13H,3-7H2,1-2H3. The third-order valence-corrected chi connectivity index (χ3v) is 4.44. The second-order valence-electron chi connectivity index (χ2n) is 4.41. The molecule has 1 fully saturated rings. The third kappa shape index (κ3) is 4.89. The molecule has 1 atom stereocenters. The van der Waals surface area contributed by atoms with Crippen molar-refractivity contribution in [2.45, 2.75) is 25.4 Å². The number of rotatable bonds is 8. The Labute approximate surface area is 107 Å². The largest absolute Gasteiger partial charge is 0.469 e. The van der Waals surface area contributed by atoms with E-state index in [1.54, 1.807) is 0 Å². The molecule has 0 spiro atoms. The summed E-state index contributed by atoms with van der Waals surface area (Å²) >= 11 is 0. The Kier molecular flexibility index (Phi) is 5.51. The topological polar surface area (TPSA) is 95.9 Å². The molecular weight excluding hydrogens is 260 g/mol. The lowest BCUT2D eigenvalue weighted by atomic mass is 10.2. The van der Waals surface area contributed by atoms with Crippen LogP contribution in [0.3, 0.4) is 0 Å². The molecule has 2 N–H and O–H groups in total. The van der Waals surface area contributed by atoms with E-state index in [9.17, 15) is 18.3 Å². The van der Waals surface area contributed by atoms with Gasteiger partial charge in [0.2, 0.25) is 0 Å². The maximum Gasteiger partial charge on any atom is 0.306 e. The van der Waals surface area contributed by atoms with Crippen molar-refractivity contribution in [3.8, 4) is 0 Å². The summed E-state index contributed by atoms with van der Waals surface area (Å²) in [6.45, 7) is 0.0527. The fourth-order valence-corrected chi connectivity index (χ4v) is 2.35. The van der Waals surface area contributed by atoms with Gasteiger partial charge in [0.05, 0.1) is 19.6 Å². The molecule has 0 heterocycles. The van der Waals surface area contributed by atoms with Gasteiger partial charge in [-0.3, -0.25) is 4.79 Å². The van der Waals surface area contributed by atoms with Crippen LogP contribution in [-0.4, -0.2) is 57.1 Å². The zero-order chi connectivity index (χ0) is 13.8. The van der Waals surface area contributed by atoms with E-state index in [1.807, 2.05) is 0 Å². The molecule has 1 aliphatic rings. The highest BCUT2D eigenvalue weighted by Gasteiger charge is 2.30. The Bertz CT molecular complexity index is 380. The first-order chi connectivity index (χ1) is 8.36. The van der Waals surface area contributed by atoms with Gasteiger partial charge in [-0.1, -0.05) is 0 Å². The summed E-state index contributed by atoms with van der Waals surface area (Å²) in [7, 11) is -1.03. The molecule has 7 nitrogen and oxygen atoms in total. The average molecular weight is 280 g/mol. The quantitative estimate of drug-likeness (QED) is 0.561. The summed E-state index contributed by atoms with van der Waals surface area (Å²) in [6.07, 6.45) is 1.26. The SMILES string of the molecule is COC(=O)CCN(C)S(=O)(=O)NCC(O)C1CC1. The molecule has 0 bridgehead atoms. The third-order valence-electron chi connectivity index (χ3n) is 2.91. The number of carbonyl (C=O) groups excluding carboxylic acids is 1. The number of nitrogens with zero attached hydrogens (tertiary/aromatic N) is 1. The molecule has 8 heteroatoms. The van der Waals surface area contributed by atoms with Crippen LogP contribution in [0, 0.1) is 5.92 Å². The van der Waals surface area contributed by atoms with Gasteiger partial charge in [-0.05, 0) is 18.8 Å². The predicted molar refractivity (Wildman–Crippen MR) is 64.9 cm³/mol. The maximum atomic E-state index is 11.7. The van der Waals surface area contributed by atoms with E-state index >= 15 is 0 Å². The Morgan fingerprint density at radius 3 is 2.67 bits per heavy atom. The molecule has 106 valence electrons. The summed E-state index contributed by atoms with van der Waals surface area (Å²) in [5.41, 5.74) is 0. The Morgan fingerprint density at radius 1 is 1.56 bits per heavy atom. The number of hydrogen-bond donors (Lipinski definition) is 2. The zero-order valence-electron chi connectivity index (χ0n) is 10.6. The van der Waals surface area contributed by atoms with Crippen LogP contribution in [0.5, 0.6) is 0 Å².